The molecule has 9 nitrogen and oxygen atoms in total. The third kappa shape index (κ3) is 4.00. The van der Waals surface area contributed by atoms with Crippen molar-refractivity contribution in [2.45, 2.75) is 37.6 Å². The fourth-order valence-corrected chi connectivity index (χ4v) is 3.66. The quantitative estimate of drug-likeness (QED) is 0.420. The number of esters is 2. The minimum Gasteiger partial charge on any atom is -0.508 e. The molecule has 0 saturated heterocycles. The number of carbonyl (C=O) groups excluding carboxylic acids is 2. The van der Waals surface area contributed by atoms with Crippen LogP contribution in [0.25, 0.3) is 5.57 Å². The lowest BCUT2D eigenvalue weighted by atomic mass is 9.82. The zero-order valence-corrected chi connectivity index (χ0v) is 17.7. The molecule has 0 bridgehead atoms. The Labute approximate surface area is 183 Å². The summed E-state index contributed by atoms with van der Waals surface area (Å²) in [5, 5.41) is 50.8. The molecule has 2 aromatic carbocycles. The Balaban J connectivity index is 2.15. The lowest BCUT2D eigenvalue weighted by Gasteiger charge is -2.29. The van der Waals surface area contributed by atoms with Gasteiger partial charge in [-0.3, -0.25) is 0 Å². The van der Waals surface area contributed by atoms with Crippen molar-refractivity contribution in [3.63, 3.8) is 0 Å². The van der Waals surface area contributed by atoms with Gasteiger partial charge in [0.2, 0.25) is 11.4 Å². The summed E-state index contributed by atoms with van der Waals surface area (Å²) >= 11 is 0. The molecule has 0 aromatic heterocycles. The highest BCUT2D eigenvalue weighted by atomic mass is 16.6. The minimum atomic E-state index is -2.07. The number of aliphatic hydroxyl groups excluding tert-OH is 2. The molecule has 0 aliphatic carbocycles. The van der Waals surface area contributed by atoms with Gasteiger partial charge in [0.25, 0.3) is 0 Å². The van der Waals surface area contributed by atoms with E-state index in [1.807, 2.05) is 0 Å². The zero-order valence-electron chi connectivity index (χ0n) is 17.7. The van der Waals surface area contributed by atoms with Crippen molar-refractivity contribution in [1.29, 1.82) is 0 Å². The van der Waals surface area contributed by atoms with E-state index in [1.165, 1.54) is 56.3 Å². The molecule has 2 atom stereocenters. The van der Waals surface area contributed by atoms with Gasteiger partial charge >= 0.3 is 11.9 Å². The SMILES string of the molecule is COC(=O)C1(Cc2ccc(O)c(C(O)C(C)(C)O)c2)OC(=O)C(O)=C1c1ccc(O)cc1. The number of phenols is 2. The maximum absolute atomic E-state index is 12.9. The normalized spacial score (nSPS) is 19.6. The van der Waals surface area contributed by atoms with Crippen molar-refractivity contribution in [1.82, 2.24) is 0 Å². The Morgan fingerprint density at radius 1 is 1.12 bits per heavy atom. The van der Waals surface area contributed by atoms with Crippen LogP contribution >= 0.6 is 0 Å². The average molecular weight is 444 g/mol. The maximum atomic E-state index is 12.9. The van der Waals surface area contributed by atoms with Gasteiger partial charge in [-0.15, -0.1) is 0 Å². The lowest BCUT2D eigenvalue weighted by Crippen LogP contribution is -2.44. The summed E-state index contributed by atoms with van der Waals surface area (Å²) in [5.41, 5.74) is -3.21. The number of ether oxygens (including phenoxy) is 2. The average Bonchev–Trinajstić information content (AvgIpc) is 2.99. The molecule has 9 heteroatoms. The monoisotopic (exact) mass is 444 g/mol. The molecular formula is C23H24O9. The Morgan fingerprint density at radius 2 is 1.75 bits per heavy atom. The number of hydrogen-bond acceptors (Lipinski definition) is 9. The Kier molecular flexibility index (Phi) is 5.90. The Morgan fingerprint density at radius 3 is 2.31 bits per heavy atom. The van der Waals surface area contributed by atoms with Crippen molar-refractivity contribution < 1.29 is 44.6 Å². The lowest BCUT2D eigenvalue weighted by molar-refractivity contribution is -0.169. The molecule has 0 fully saturated rings. The highest BCUT2D eigenvalue weighted by molar-refractivity contribution is 6.11. The van der Waals surface area contributed by atoms with Crippen molar-refractivity contribution in [3.05, 3.63) is 64.9 Å². The van der Waals surface area contributed by atoms with Crippen LogP contribution in [-0.2, 0) is 25.5 Å². The molecule has 3 rings (SSSR count). The summed E-state index contributed by atoms with van der Waals surface area (Å²) in [4.78, 5) is 25.2. The van der Waals surface area contributed by atoms with Crippen LogP contribution in [0, 0.1) is 0 Å². The van der Waals surface area contributed by atoms with E-state index in [9.17, 15) is 35.1 Å². The first-order valence-corrected chi connectivity index (χ1v) is 9.68. The second-order valence-electron chi connectivity index (χ2n) is 8.10. The van der Waals surface area contributed by atoms with Crippen LogP contribution in [0.4, 0.5) is 0 Å². The summed E-state index contributed by atoms with van der Waals surface area (Å²) in [6.45, 7) is 2.73. The van der Waals surface area contributed by atoms with E-state index in [0.29, 0.717) is 5.56 Å². The van der Waals surface area contributed by atoms with Gasteiger partial charge in [-0.1, -0.05) is 18.2 Å². The molecule has 2 aromatic rings. The number of carbonyl (C=O) groups is 2. The van der Waals surface area contributed by atoms with Gasteiger partial charge in [-0.25, -0.2) is 9.59 Å². The second kappa shape index (κ2) is 8.18. The summed E-state index contributed by atoms with van der Waals surface area (Å²) < 4.78 is 10.2. The number of hydrogen-bond donors (Lipinski definition) is 5. The standard InChI is InChI=1S/C23H24O9/c1-22(2,30)19(27)15-10-12(4-9-16(15)25)11-23(21(29)31-3)17(18(26)20(28)32-23)13-5-7-14(24)8-6-13/h4-10,19,24-27,30H,11H2,1-3H3. The molecule has 0 spiro atoms. The predicted octanol–water partition coefficient (Wildman–Crippen LogP) is 1.88. The van der Waals surface area contributed by atoms with Crippen LogP contribution in [0.3, 0.4) is 0 Å². The van der Waals surface area contributed by atoms with E-state index in [4.69, 9.17) is 9.47 Å². The van der Waals surface area contributed by atoms with E-state index in [2.05, 4.69) is 0 Å². The van der Waals surface area contributed by atoms with Crippen molar-refractivity contribution >= 4 is 17.5 Å². The van der Waals surface area contributed by atoms with E-state index < -0.39 is 35.0 Å². The molecular weight excluding hydrogens is 420 g/mol. The van der Waals surface area contributed by atoms with Gasteiger partial charge in [0.15, 0.2) is 0 Å². The van der Waals surface area contributed by atoms with Gasteiger partial charge in [0.05, 0.1) is 18.3 Å². The molecule has 1 heterocycles. The van der Waals surface area contributed by atoms with E-state index in [0.717, 1.165) is 7.11 Å². The number of cyclic esters (lactones) is 1. The zero-order chi connectivity index (χ0) is 23.8. The topological polar surface area (TPSA) is 154 Å². The van der Waals surface area contributed by atoms with E-state index >= 15 is 0 Å². The third-order valence-corrected chi connectivity index (χ3v) is 5.28. The van der Waals surface area contributed by atoms with Crippen LogP contribution in [0.1, 0.15) is 36.6 Å². The van der Waals surface area contributed by atoms with Crippen molar-refractivity contribution in [2.75, 3.05) is 7.11 Å². The van der Waals surface area contributed by atoms with Gasteiger partial charge in [0.1, 0.15) is 17.6 Å². The molecule has 1 aliphatic heterocycles. The molecule has 5 N–H and O–H groups in total. The molecule has 1 aliphatic rings. The molecule has 0 saturated carbocycles. The molecule has 170 valence electrons. The number of rotatable bonds is 6. The second-order valence-corrected chi connectivity index (χ2v) is 8.10. The smallest absolute Gasteiger partial charge is 0.375 e. The van der Waals surface area contributed by atoms with Gasteiger partial charge in [0, 0.05) is 12.0 Å². The third-order valence-electron chi connectivity index (χ3n) is 5.28. The predicted molar refractivity (Wildman–Crippen MR) is 112 cm³/mol. The van der Waals surface area contributed by atoms with E-state index in [1.54, 1.807) is 0 Å². The fraction of sp³-hybridized carbons (Fsp3) is 0.304. The summed E-state index contributed by atoms with van der Waals surface area (Å²) in [5.74, 6) is -3.22. The molecule has 0 radical (unpaired) electrons. The molecule has 2 unspecified atom stereocenters. The van der Waals surface area contributed by atoms with Crippen LogP contribution < -0.4 is 0 Å². The van der Waals surface area contributed by atoms with Crippen molar-refractivity contribution in [3.8, 4) is 11.5 Å². The van der Waals surface area contributed by atoms with Crippen LogP contribution in [-0.4, -0.2) is 55.8 Å². The van der Waals surface area contributed by atoms with Gasteiger partial charge in [-0.05, 0) is 49.2 Å². The van der Waals surface area contributed by atoms with Crippen LogP contribution in [0.15, 0.2) is 48.2 Å². The van der Waals surface area contributed by atoms with Gasteiger partial charge < -0.3 is 35.0 Å². The number of phenolic OH excluding ortho intramolecular Hbond substituents is 2. The van der Waals surface area contributed by atoms with Crippen molar-refractivity contribution in [2.24, 2.45) is 0 Å². The highest BCUT2D eigenvalue weighted by Crippen LogP contribution is 2.43. The first kappa shape index (κ1) is 23.1. The highest BCUT2D eigenvalue weighted by Gasteiger charge is 2.55. The Bertz CT molecular complexity index is 1080. The number of aliphatic hydroxyl groups is 3. The van der Waals surface area contributed by atoms with Crippen LogP contribution in [0.5, 0.6) is 11.5 Å². The summed E-state index contributed by atoms with van der Waals surface area (Å²) in [6, 6.07) is 9.52. The molecule has 32 heavy (non-hydrogen) atoms. The molecule has 0 amide bonds. The van der Waals surface area contributed by atoms with Crippen LogP contribution in [0.2, 0.25) is 0 Å². The summed E-state index contributed by atoms with van der Waals surface area (Å²) in [7, 11) is 1.10. The largest absolute Gasteiger partial charge is 0.508 e. The van der Waals surface area contributed by atoms with E-state index in [-0.39, 0.29) is 34.6 Å². The number of aromatic hydroxyl groups is 2. The first-order valence-electron chi connectivity index (χ1n) is 9.68. The van der Waals surface area contributed by atoms with Gasteiger partial charge in [-0.2, -0.15) is 0 Å². The fourth-order valence-electron chi connectivity index (χ4n) is 3.66. The Hall–Kier alpha value is -3.56. The summed E-state index contributed by atoms with van der Waals surface area (Å²) in [6.07, 6.45) is -1.76. The number of methoxy groups -OCH3 is 1. The number of benzene rings is 2. The first-order chi connectivity index (χ1) is 14.9. The maximum Gasteiger partial charge on any atom is 0.375 e. The minimum absolute atomic E-state index is 0.00118.